The van der Waals surface area contributed by atoms with E-state index in [1.807, 2.05) is 0 Å². The summed E-state index contributed by atoms with van der Waals surface area (Å²) >= 11 is 0. The third-order valence-corrected chi connectivity index (χ3v) is 24.6. The Hall–Kier alpha value is -5.84. The van der Waals surface area contributed by atoms with E-state index in [0.29, 0.717) is 12.8 Å². The molecule has 0 spiro atoms. The van der Waals surface area contributed by atoms with Crippen LogP contribution in [0, 0.1) is 0 Å². The van der Waals surface area contributed by atoms with Crippen molar-refractivity contribution in [2.75, 3.05) is 13.2 Å². The van der Waals surface area contributed by atoms with Crippen molar-refractivity contribution < 1.29 is 10.2 Å². The summed E-state index contributed by atoms with van der Waals surface area (Å²) in [5.41, 5.74) is 18.2. The molecule has 10 heteroatoms. The van der Waals surface area contributed by atoms with Crippen LogP contribution in [0.3, 0.4) is 0 Å². The first-order chi connectivity index (χ1) is 54.4. The van der Waals surface area contributed by atoms with E-state index >= 15 is 0 Å². The van der Waals surface area contributed by atoms with Crippen LogP contribution in [0.5, 0.6) is 0 Å². The Balaban J connectivity index is 1.37. The highest BCUT2D eigenvalue weighted by molar-refractivity contribution is 6.10. The zero-order valence-corrected chi connectivity index (χ0v) is 71.0. The van der Waals surface area contributed by atoms with Crippen LogP contribution in [0.15, 0.2) is 48.5 Å². The molecular formula is C100H154N8O2. The van der Waals surface area contributed by atoms with Crippen LogP contribution in [0.2, 0.25) is 0 Å². The monoisotopic (exact) mass is 1500 g/mol. The lowest BCUT2D eigenvalue weighted by Gasteiger charge is -2.13. The van der Waals surface area contributed by atoms with Crippen LogP contribution in [0.1, 0.15) is 420 Å². The number of benzene rings is 4. The van der Waals surface area contributed by atoms with Crippen molar-refractivity contribution in [3.8, 4) is 45.6 Å². The molecule has 7 aromatic rings. The first kappa shape index (κ1) is 88.1. The van der Waals surface area contributed by atoms with E-state index in [9.17, 15) is 10.2 Å². The summed E-state index contributed by atoms with van der Waals surface area (Å²) in [4.78, 5) is 44.5. The second-order valence-electron chi connectivity index (χ2n) is 33.9. The van der Waals surface area contributed by atoms with Gasteiger partial charge in [0.2, 0.25) is 0 Å². The number of aromatic amines is 2. The Morgan fingerprint density at radius 1 is 0.191 bits per heavy atom. The van der Waals surface area contributed by atoms with Crippen molar-refractivity contribution in [1.29, 1.82) is 0 Å². The van der Waals surface area contributed by atoms with E-state index in [-0.39, 0.29) is 13.2 Å². The SMILES string of the molecule is CCCCCCCCCCc1ccc(CCCCCCCCCC)c2c1-c1nc-2nc2[nH]c(nc3nc(nc4[nH]c(n1)c1c(CCCCO)ccc(CCCCO)c41)-c1c(CCCCCCCCCC)ccc(CCCCCCCCCC)c1-3)c1c(CCCCCCCCCC)ccc(CCCCCCCCCC)c21. The van der Waals surface area contributed by atoms with Gasteiger partial charge >= 0.3 is 0 Å². The van der Waals surface area contributed by atoms with Crippen LogP contribution in [0.25, 0.3) is 89.7 Å². The molecule has 0 radical (unpaired) electrons. The van der Waals surface area contributed by atoms with Gasteiger partial charge in [0.05, 0.1) is 0 Å². The van der Waals surface area contributed by atoms with Gasteiger partial charge in [-0.25, -0.2) is 29.9 Å². The van der Waals surface area contributed by atoms with Gasteiger partial charge in [-0.15, -0.1) is 0 Å². The highest BCUT2D eigenvalue weighted by atomic mass is 16.3. The van der Waals surface area contributed by atoms with E-state index in [2.05, 4.69) is 100 Å². The van der Waals surface area contributed by atoms with Gasteiger partial charge in [-0.05, 0) is 160 Å². The van der Waals surface area contributed by atoms with Crippen LogP contribution in [-0.4, -0.2) is 63.3 Å². The number of unbranched alkanes of at least 4 members (excludes halogenated alkanes) is 44. The van der Waals surface area contributed by atoms with Gasteiger partial charge in [-0.2, -0.15) is 0 Å². The summed E-state index contributed by atoms with van der Waals surface area (Å²) in [7, 11) is 0. The minimum Gasteiger partial charge on any atom is -0.396 e. The van der Waals surface area contributed by atoms with Gasteiger partial charge in [0, 0.05) is 57.0 Å². The summed E-state index contributed by atoms with van der Waals surface area (Å²) < 4.78 is 0. The predicted molar refractivity (Wildman–Crippen MR) is 474 cm³/mol. The van der Waals surface area contributed by atoms with Crippen LogP contribution >= 0.6 is 0 Å². The molecule has 0 fully saturated rings. The molecule has 2 aliphatic rings. The molecule has 0 saturated carbocycles. The number of aromatic nitrogens is 8. The number of nitrogens with one attached hydrogen (secondary N) is 2. The fourth-order valence-corrected chi connectivity index (χ4v) is 18.1. The number of H-pyrrole nitrogens is 2. The Labute approximate surface area is 668 Å². The Kier molecular flexibility index (Phi) is 41.5. The number of hydrogen-bond donors (Lipinski definition) is 4. The summed E-state index contributed by atoms with van der Waals surface area (Å²) in [5.74, 6) is 2.97. The van der Waals surface area contributed by atoms with E-state index < -0.39 is 0 Å². The van der Waals surface area contributed by atoms with Crippen molar-refractivity contribution >= 4 is 44.1 Å². The number of aryl methyl sites for hydroxylation is 8. The minimum absolute atomic E-state index is 0.149. The fourth-order valence-electron chi connectivity index (χ4n) is 18.1. The van der Waals surface area contributed by atoms with Gasteiger partial charge in [-0.1, -0.05) is 360 Å². The molecule has 0 unspecified atom stereocenters. The molecule has 9 rings (SSSR count). The van der Waals surface area contributed by atoms with Crippen LogP contribution < -0.4 is 0 Å². The first-order valence-electron chi connectivity index (χ1n) is 47.0. The number of aliphatic hydroxyl groups is 2. The molecule has 606 valence electrons. The molecule has 4 N–H and O–H groups in total. The number of nitrogens with zero attached hydrogens (tertiary/aromatic N) is 6. The first-order valence-corrected chi connectivity index (χ1v) is 47.0. The van der Waals surface area contributed by atoms with Crippen molar-refractivity contribution in [2.45, 2.75) is 427 Å². The Bertz CT molecular complexity index is 3690. The predicted octanol–water partition coefficient (Wildman–Crippen LogP) is 29.6. The molecule has 110 heavy (non-hydrogen) atoms. The number of rotatable bonds is 62. The standard InChI is InChI=1S/C100H154N8O2/c1-7-13-19-25-31-37-43-49-59-77-67-68-78(60-50-44-38-32-26-20-14-8-2)86-85(77)93-101-94(86)103-96-88-80(62-52-46-40-34-28-22-16-10-4)70-72-82(64-54-48-42-36-30-24-18-12-6)90(88)98(105-96)107-100-92-84(66-56-58-76-110)74-73-83(65-55-57-75-109)91(92)99(108-100)106-97-89-81(63-53-47-41-35-29-23-17-11-5)71-69-79(87(89)95(102-93)104-97)61-51-45-39-33-27-21-15-9-3/h67-74,109-110H,7-66,75-76H2,1-6H3,(H2,101,102,103,104,105,106,107,108). The average molecular weight is 1500 g/mol. The second kappa shape index (κ2) is 51.8. The van der Waals surface area contributed by atoms with E-state index in [0.717, 1.165) is 182 Å². The number of hydrogen-bond acceptors (Lipinski definition) is 8. The second-order valence-corrected chi connectivity index (χ2v) is 33.9. The molecule has 0 atom stereocenters. The van der Waals surface area contributed by atoms with Crippen molar-refractivity contribution in [3.05, 3.63) is 93.0 Å². The molecule has 2 aliphatic heterocycles. The quantitative estimate of drug-likeness (QED) is 0.0275. The van der Waals surface area contributed by atoms with Crippen LogP contribution in [0.4, 0.5) is 0 Å². The largest absolute Gasteiger partial charge is 0.396 e. The zero-order chi connectivity index (χ0) is 77.0. The third-order valence-electron chi connectivity index (χ3n) is 24.6. The van der Waals surface area contributed by atoms with Crippen molar-refractivity contribution in [2.24, 2.45) is 0 Å². The molecule has 0 aliphatic carbocycles. The van der Waals surface area contributed by atoms with E-state index in [4.69, 9.17) is 29.9 Å². The van der Waals surface area contributed by atoms with Crippen molar-refractivity contribution in [3.63, 3.8) is 0 Å². The lowest BCUT2D eigenvalue weighted by atomic mass is 9.90. The maximum atomic E-state index is 10.4. The number of fused-ring (bicyclic) bond motifs is 20. The molecule has 4 aromatic carbocycles. The normalized spacial score (nSPS) is 12.1. The zero-order valence-electron chi connectivity index (χ0n) is 71.0. The van der Waals surface area contributed by atoms with Crippen LogP contribution in [-0.2, 0) is 51.4 Å². The molecular weight excluding hydrogens is 1350 g/mol. The Morgan fingerprint density at radius 2 is 0.345 bits per heavy atom. The molecule has 8 bridgehead atoms. The topological polar surface area (TPSA) is 149 Å². The van der Waals surface area contributed by atoms with E-state index in [1.54, 1.807) is 0 Å². The molecule has 5 heterocycles. The van der Waals surface area contributed by atoms with Gasteiger partial charge < -0.3 is 20.2 Å². The lowest BCUT2D eigenvalue weighted by molar-refractivity contribution is 0.284. The fraction of sp³-hybridized carbons (Fsp3) is 0.680. The molecule has 10 nitrogen and oxygen atoms in total. The summed E-state index contributed by atoms with van der Waals surface area (Å²) in [5, 5.41) is 25.3. The van der Waals surface area contributed by atoms with Gasteiger partial charge in [0.25, 0.3) is 0 Å². The summed E-state index contributed by atoms with van der Waals surface area (Å²) in [6.07, 6.45) is 71.3. The average Bonchev–Trinajstić information content (AvgIpc) is 1.58. The Morgan fingerprint density at radius 3 is 0.527 bits per heavy atom. The highest BCUT2D eigenvalue weighted by Crippen LogP contribution is 2.45. The smallest absolute Gasteiger partial charge is 0.165 e. The van der Waals surface area contributed by atoms with Gasteiger partial charge in [-0.3, -0.25) is 0 Å². The molecule has 3 aromatic heterocycles. The van der Waals surface area contributed by atoms with Crippen molar-refractivity contribution in [1.82, 2.24) is 39.9 Å². The summed E-state index contributed by atoms with van der Waals surface area (Å²) in [6.45, 7) is 14.2. The third kappa shape index (κ3) is 27.2. The summed E-state index contributed by atoms with van der Waals surface area (Å²) in [6, 6.07) is 19.5. The minimum atomic E-state index is 0.149. The molecule has 0 saturated heterocycles. The van der Waals surface area contributed by atoms with E-state index in [1.165, 1.54) is 325 Å². The highest BCUT2D eigenvalue weighted by Gasteiger charge is 2.30. The lowest BCUT2D eigenvalue weighted by Crippen LogP contribution is -1.98. The van der Waals surface area contributed by atoms with Gasteiger partial charge in [0.1, 0.15) is 22.6 Å². The molecule has 0 amide bonds. The maximum Gasteiger partial charge on any atom is 0.165 e. The van der Waals surface area contributed by atoms with Gasteiger partial charge in [0.15, 0.2) is 23.3 Å². The maximum absolute atomic E-state index is 10.4. The number of aliphatic hydroxyl groups excluding tert-OH is 2.